The van der Waals surface area contributed by atoms with Gasteiger partial charge in [0, 0.05) is 18.0 Å². The molecular weight excluding hydrogens is 170 g/mol. The molecule has 0 bridgehead atoms. The number of rotatable bonds is 2. The van der Waals surface area contributed by atoms with E-state index in [-0.39, 0.29) is 6.42 Å². The van der Waals surface area contributed by atoms with Gasteiger partial charge in [0.2, 0.25) is 0 Å². The van der Waals surface area contributed by atoms with Crippen molar-refractivity contribution in [2.75, 3.05) is 0 Å². The molecule has 0 fully saturated rings. The van der Waals surface area contributed by atoms with Crippen LogP contribution in [0.5, 0.6) is 0 Å². The Labute approximate surface area is 73.6 Å². The fraction of sp³-hybridized carbons (Fsp3) is 0.125. The summed E-state index contributed by atoms with van der Waals surface area (Å²) in [5.41, 5.74) is 1.23. The number of carboxylic acids is 1. The van der Waals surface area contributed by atoms with Crippen molar-refractivity contribution in [2.24, 2.45) is 0 Å². The van der Waals surface area contributed by atoms with Gasteiger partial charge in [0.05, 0.1) is 12.6 Å². The summed E-state index contributed by atoms with van der Waals surface area (Å²) in [5.74, 6) is -0.874. The van der Waals surface area contributed by atoms with Crippen molar-refractivity contribution >= 4 is 11.6 Å². The topological polar surface area (TPSA) is 67.5 Å². The Kier molecular flexibility index (Phi) is 1.70. The zero-order valence-corrected chi connectivity index (χ0v) is 6.71. The molecule has 0 radical (unpaired) electrons. The Balaban J connectivity index is 2.51. The summed E-state index contributed by atoms with van der Waals surface area (Å²) in [5, 5.41) is 12.5. The molecule has 0 aromatic carbocycles. The van der Waals surface area contributed by atoms with Gasteiger partial charge in [-0.2, -0.15) is 5.10 Å². The highest BCUT2D eigenvalue weighted by Gasteiger charge is 2.07. The molecule has 1 N–H and O–H groups in total. The molecule has 0 saturated carbocycles. The third-order valence-corrected chi connectivity index (χ3v) is 1.69. The summed E-state index contributed by atoms with van der Waals surface area (Å²) >= 11 is 0. The van der Waals surface area contributed by atoms with E-state index >= 15 is 0 Å². The SMILES string of the molecule is O=C(O)Cc1cnn2cccnc12. The second-order valence-electron chi connectivity index (χ2n) is 2.63. The fourth-order valence-corrected chi connectivity index (χ4v) is 1.16. The van der Waals surface area contributed by atoms with Crippen molar-refractivity contribution in [2.45, 2.75) is 6.42 Å². The van der Waals surface area contributed by atoms with E-state index in [4.69, 9.17) is 5.11 Å². The highest BCUT2D eigenvalue weighted by atomic mass is 16.4. The van der Waals surface area contributed by atoms with Gasteiger partial charge in [0.25, 0.3) is 0 Å². The quantitative estimate of drug-likeness (QED) is 0.719. The first-order chi connectivity index (χ1) is 6.27. The van der Waals surface area contributed by atoms with Crippen LogP contribution in [0, 0.1) is 0 Å². The molecule has 0 saturated heterocycles. The molecule has 0 unspecified atom stereocenters. The zero-order valence-electron chi connectivity index (χ0n) is 6.71. The molecule has 5 heteroatoms. The normalized spacial score (nSPS) is 10.5. The smallest absolute Gasteiger partial charge is 0.308 e. The Morgan fingerprint density at radius 1 is 1.62 bits per heavy atom. The number of carbonyl (C=O) groups is 1. The Morgan fingerprint density at radius 3 is 3.23 bits per heavy atom. The largest absolute Gasteiger partial charge is 0.481 e. The summed E-state index contributed by atoms with van der Waals surface area (Å²) in [4.78, 5) is 14.5. The van der Waals surface area contributed by atoms with E-state index in [1.54, 1.807) is 23.0 Å². The Morgan fingerprint density at radius 2 is 2.46 bits per heavy atom. The molecular formula is C8H7N3O2. The molecule has 5 nitrogen and oxygen atoms in total. The van der Waals surface area contributed by atoms with Gasteiger partial charge < -0.3 is 5.11 Å². The molecule has 2 aromatic rings. The van der Waals surface area contributed by atoms with Crippen molar-refractivity contribution in [3.05, 3.63) is 30.2 Å². The zero-order chi connectivity index (χ0) is 9.26. The van der Waals surface area contributed by atoms with Crippen LogP contribution in [0.4, 0.5) is 0 Å². The number of hydrogen-bond donors (Lipinski definition) is 1. The third-order valence-electron chi connectivity index (χ3n) is 1.69. The lowest BCUT2D eigenvalue weighted by atomic mass is 10.2. The van der Waals surface area contributed by atoms with Gasteiger partial charge in [-0.25, -0.2) is 9.50 Å². The average Bonchev–Trinajstić information content (AvgIpc) is 2.48. The van der Waals surface area contributed by atoms with Gasteiger partial charge in [-0.15, -0.1) is 0 Å². The monoisotopic (exact) mass is 177 g/mol. The van der Waals surface area contributed by atoms with Crippen molar-refractivity contribution < 1.29 is 9.90 Å². The maximum Gasteiger partial charge on any atom is 0.308 e. The average molecular weight is 177 g/mol. The third kappa shape index (κ3) is 1.35. The molecule has 66 valence electrons. The van der Waals surface area contributed by atoms with Crippen LogP contribution in [0.25, 0.3) is 5.65 Å². The van der Waals surface area contributed by atoms with Crippen LogP contribution in [-0.4, -0.2) is 25.7 Å². The second kappa shape index (κ2) is 2.85. The maximum absolute atomic E-state index is 10.4. The van der Waals surface area contributed by atoms with E-state index in [0.29, 0.717) is 11.2 Å². The fourth-order valence-electron chi connectivity index (χ4n) is 1.16. The van der Waals surface area contributed by atoms with Gasteiger partial charge >= 0.3 is 5.97 Å². The molecule has 0 spiro atoms. The lowest BCUT2D eigenvalue weighted by molar-refractivity contribution is -0.136. The van der Waals surface area contributed by atoms with E-state index < -0.39 is 5.97 Å². The molecule has 13 heavy (non-hydrogen) atoms. The summed E-state index contributed by atoms with van der Waals surface area (Å²) < 4.78 is 1.55. The number of nitrogens with zero attached hydrogens (tertiary/aromatic N) is 3. The molecule has 2 rings (SSSR count). The van der Waals surface area contributed by atoms with Gasteiger partial charge in [0.1, 0.15) is 0 Å². The number of fused-ring (bicyclic) bond motifs is 1. The molecule has 0 amide bonds. The van der Waals surface area contributed by atoms with Crippen molar-refractivity contribution in [3.8, 4) is 0 Å². The summed E-state index contributed by atoms with van der Waals surface area (Å²) in [6.45, 7) is 0. The van der Waals surface area contributed by atoms with Crippen LogP contribution in [-0.2, 0) is 11.2 Å². The van der Waals surface area contributed by atoms with E-state index in [1.807, 2.05) is 0 Å². The van der Waals surface area contributed by atoms with E-state index in [0.717, 1.165) is 0 Å². The van der Waals surface area contributed by atoms with Gasteiger partial charge in [-0.3, -0.25) is 4.79 Å². The molecule has 0 aliphatic carbocycles. The first-order valence-corrected chi connectivity index (χ1v) is 3.76. The molecule has 2 aromatic heterocycles. The molecule has 0 aliphatic heterocycles. The lowest BCUT2D eigenvalue weighted by Crippen LogP contribution is -2.00. The number of aromatic nitrogens is 3. The number of hydrogen-bond acceptors (Lipinski definition) is 3. The van der Waals surface area contributed by atoms with Crippen LogP contribution >= 0.6 is 0 Å². The second-order valence-corrected chi connectivity index (χ2v) is 2.63. The van der Waals surface area contributed by atoms with Crippen LogP contribution in [0.3, 0.4) is 0 Å². The van der Waals surface area contributed by atoms with Gasteiger partial charge in [-0.1, -0.05) is 0 Å². The molecule has 2 heterocycles. The van der Waals surface area contributed by atoms with Crippen molar-refractivity contribution in [3.63, 3.8) is 0 Å². The first kappa shape index (κ1) is 7.72. The predicted octanol–water partition coefficient (Wildman–Crippen LogP) is 0.356. The Bertz CT molecular complexity index is 449. The first-order valence-electron chi connectivity index (χ1n) is 3.76. The highest BCUT2D eigenvalue weighted by Crippen LogP contribution is 2.06. The summed E-state index contributed by atoms with van der Waals surface area (Å²) in [6.07, 6.45) is 4.83. The van der Waals surface area contributed by atoms with Gasteiger partial charge in [0.15, 0.2) is 5.65 Å². The summed E-state index contributed by atoms with van der Waals surface area (Å²) in [6, 6.07) is 1.74. The minimum Gasteiger partial charge on any atom is -0.481 e. The van der Waals surface area contributed by atoms with E-state index in [1.165, 1.54) is 6.20 Å². The molecule has 0 aliphatic rings. The minimum atomic E-state index is -0.874. The van der Waals surface area contributed by atoms with Crippen molar-refractivity contribution in [1.29, 1.82) is 0 Å². The maximum atomic E-state index is 10.4. The lowest BCUT2D eigenvalue weighted by Gasteiger charge is -1.92. The van der Waals surface area contributed by atoms with E-state index in [2.05, 4.69) is 10.1 Å². The summed E-state index contributed by atoms with van der Waals surface area (Å²) in [7, 11) is 0. The minimum absolute atomic E-state index is 0.0412. The highest BCUT2D eigenvalue weighted by molar-refractivity contribution is 5.72. The number of aliphatic carboxylic acids is 1. The van der Waals surface area contributed by atoms with Gasteiger partial charge in [-0.05, 0) is 6.07 Å². The van der Waals surface area contributed by atoms with Crippen molar-refractivity contribution in [1.82, 2.24) is 14.6 Å². The van der Waals surface area contributed by atoms with E-state index in [9.17, 15) is 4.79 Å². The predicted molar refractivity (Wildman–Crippen MR) is 44.3 cm³/mol. The van der Waals surface area contributed by atoms with Crippen LogP contribution < -0.4 is 0 Å². The Hall–Kier alpha value is -1.91. The number of carboxylic acid groups (broad SMARTS) is 1. The van der Waals surface area contributed by atoms with Crippen LogP contribution in [0.15, 0.2) is 24.7 Å². The standard InChI is InChI=1S/C8H7N3O2/c12-7(13)4-6-5-10-11-3-1-2-9-8(6)11/h1-3,5H,4H2,(H,12,13). The van der Waals surface area contributed by atoms with Crippen LogP contribution in [0.1, 0.15) is 5.56 Å². The van der Waals surface area contributed by atoms with Crippen LogP contribution in [0.2, 0.25) is 0 Å². The molecule has 0 atom stereocenters.